The molecule has 0 spiro atoms. The molecule has 4 heteroatoms. The average Bonchev–Trinajstić information content (AvgIpc) is 3.01. The van der Waals surface area contributed by atoms with Crippen LogP contribution in [0, 0.1) is 0 Å². The SMILES string of the molecule is O=Cc1c(OC(=O)c2cccs2)ccc2ccccc12. The van der Waals surface area contributed by atoms with Crippen molar-refractivity contribution in [3.8, 4) is 5.75 Å². The lowest BCUT2D eigenvalue weighted by Crippen LogP contribution is -2.08. The van der Waals surface area contributed by atoms with E-state index in [9.17, 15) is 9.59 Å². The highest BCUT2D eigenvalue weighted by Crippen LogP contribution is 2.27. The maximum atomic E-state index is 12.0. The summed E-state index contributed by atoms with van der Waals surface area (Å²) in [6.45, 7) is 0. The van der Waals surface area contributed by atoms with Gasteiger partial charge in [-0.15, -0.1) is 11.3 Å². The van der Waals surface area contributed by atoms with Crippen molar-refractivity contribution in [1.82, 2.24) is 0 Å². The summed E-state index contributed by atoms with van der Waals surface area (Å²) < 4.78 is 5.33. The molecule has 0 fully saturated rings. The molecule has 0 N–H and O–H groups in total. The Kier molecular flexibility index (Phi) is 3.31. The Hall–Kier alpha value is -2.46. The fourth-order valence-corrected chi connectivity index (χ4v) is 2.63. The van der Waals surface area contributed by atoms with Gasteiger partial charge in [-0.25, -0.2) is 4.79 Å². The summed E-state index contributed by atoms with van der Waals surface area (Å²) >= 11 is 1.30. The van der Waals surface area contributed by atoms with E-state index < -0.39 is 5.97 Å². The summed E-state index contributed by atoms with van der Waals surface area (Å²) in [7, 11) is 0. The zero-order valence-corrected chi connectivity index (χ0v) is 11.2. The molecule has 0 saturated carbocycles. The molecule has 0 aliphatic heterocycles. The third-order valence-corrected chi connectivity index (χ3v) is 3.82. The van der Waals surface area contributed by atoms with Crippen LogP contribution in [0.2, 0.25) is 0 Å². The molecule has 3 aromatic rings. The standard InChI is InChI=1S/C16H10O3S/c17-10-13-12-5-2-1-4-11(12)7-8-14(13)19-16(18)15-6-3-9-20-15/h1-10H. The molecule has 20 heavy (non-hydrogen) atoms. The average molecular weight is 282 g/mol. The third-order valence-electron chi connectivity index (χ3n) is 2.97. The van der Waals surface area contributed by atoms with Crippen LogP contribution in [0.15, 0.2) is 53.9 Å². The number of carbonyl (C=O) groups is 2. The van der Waals surface area contributed by atoms with Crippen LogP contribution in [0.4, 0.5) is 0 Å². The van der Waals surface area contributed by atoms with E-state index in [4.69, 9.17) is 4.74 Å². The van der Waals surface area contributed by atoms with Gasteiger partial charge < -0.3 is 4.74 Å². The van der Waals surface area contributed by atoms with Gasteiger partial charge in [-0.2, -0.15) is 0 Å². The fraction of sp³-hybridized carbons (Fsp3) is 0. The molecule has 0 saturated heterocycles. The number of thiophene rings is 1. The highest BCUT2D eigenvalue weighted by Gasteiger charge is 2.14. The summed E-state index contributed by atoms with van der Waals surface area (Å²) in [6.07, 6.45) is 0.722. The Morgan fingerprint density at radius 2 is 1.90 bits per heavy atom. The predicted octanol–water partition coefficient (Wildman–Crippen LogP) is 3.93. The van der Waals surface area contributed by atoms with Crippen LogP contribution < -0.4 is 4.74 Å². The lowest BCUT2D eigenvalue weighted by atomic mass is 10.0. The molecular weight excluding hydrogens is 272 g/mol. The summed E-state index contributed by atoms with van der Waals surface area (Å²) in [6, 6.07) is 14.4. The highest BCUT2D eigenvalue weighted by molar-refractivity contribution is 7.12. The van der Waals surface area contributed by atoms with Gasteiger partial charge >= 0.3 is 5.97 Å². The first-order valence-corrected chi connectivity index (χ1v) is 6.90. The minimum Gasteiger partial charge on any atom is -0.422 e. The zero-order chi connectivity index (χ0) is 13.9. The van der Waals surface area contributed by atoms with Crippen molar-refractivity contribution in [2.45, 2.75) is 0 Å². The van der Waals surface area contributed by atoms with E-state index in [2.05, 4.69) is 0 Å². The molecule has 2 aromatic carbocycles. The Morgan fingerprint density at radius 1 is 1.05 bits per heavy atom. The second-order valence-electron chi connectivity index (χ2n) is 4.18. The molecule has 0 radical (unpaired) electrons. The Bertz CT molecular complexity index is 776. The number of hydrogen-bond donors (Lipinski definition) is 0. The van der Waals surface area contributed by atoms with Crippen LogP contribution in [-0.2, 0) is 0 Å². The van der Waals surface area contributed by atoms with E-state index in [1.54, 1.807) is 23.6 Å². The normalized spacial score (nSPS) is 10.4. The van der Waals surface area contributed by atoms with Gasteiger partial charge in [0.2, 0.25) is 0 Å². The lowest BCUT2D eigenvalue weighted by Gasteiger charge is -2.08. The number of rotatable bonds is 3. The Morgan fingerprint density at radius 3 is 2.65 bits per heavy atom. The maximum Gasteiger partial charge on any atom is 0.353 e. The molecule has 0 bridgehead atoms. The van der Waals surface area contributed by atoms with Gasteiger partial charge in [0.25, 0.3) is 0 Å². The van der Waals surface area contributed by atoms with Crippen LogP contribution in [0.1, 0.15) is 20.0 Å². The lowest BCUT2D eigenvalue weighted by molar-refractivity contribution is 0.0739. The molecule has 1 aromatic heterocycles. The minimum atomic E-state index is -0.446. The van der Waals surface area contributed by atoms with E-state index in [1.807, 2.05) is 30.3 Å². The van der Waals surface area contributed by atoms with Crippen molar-refractivity contribution < 1.29 is 14.3 Å². The van der Waals surface area contributed by atoms with Gasteiger partial charge in [0.1, 0.15) is 10.6 Å². The van der Waals surface area contributed by atoms with Crippen molar-refractivity contribution in [2.75, 3.05) is 0 Å². The van der Waals surface area contributed by atoms with E-state index in [0.717, 1.165) is 17.1 Å². The van der Waals surface area contributed by atoms with Crippen LogP contribution >= 0.6 is 11.3 Å². The zero-order valence-electron chi connectivity index (χ0n) is 10.4. The van der Waals surface area contributed by atoms with Gasteiger partial charge in [0, 0.05) is 0 Å². The third kappa shape index (κ3) is 2.21. The molecule has 98 valence electrons. The number of hydrogen-bond acceptors (Lipinski definition) is 4. The quantitative estimate of drug-likeness (QED) is 0.415. The van der Waals surface area contributed by atoms with E-state index in [-0.39, 0.29) is 5.75 Å². The van der Waals surface area contributed by atoms with Crippen LogP contribution in [-0.4, -0.2) is 12.3 Å². The first-order valence-electron chi connectivity index (χ1n) is 6.02. The molecule has 0 atom stereocenters. The monoisotopic (exact) mass is 282 g/mol. The summed E-state index contributed by atoms with van der Waals surface area (Å²) in [5, 5.41) is 3.52. The van der Waals surface area contributed by atoms with Crippen LogP contribution in [0.3, 0.4) is 0 Å². The molecule has 1 heterocycles. The van der Waals surface area contributed by atoms with Gasteiger partial charge in [-0.05, 0) is 28.3 Å². The molecular formula is C16H10O3S. The number of fused-ring (bicyclic) bond motifs is 1. The summed E-state index contributed by atoms with van der Waals surface area (Å²) in [5.41, 5.74) is 0.396. The van der Waals surface area contributed by atoms with Crippen molar-refractivity contribution >= 4 is 34.4 Å². The Labute approximate surface area is 119 Å². The fourth-order valence-electron chi connectivity index (χ4n) is 2.03. The number of carbonyl (C=O) groups excluding carboxylic acids is 2. The second kappa shape index (κ2) is 5.27. The minimum absolute atomic E-state index is 0.289. The van der Waals surface area contributed by atoms with Gasteiger partial charge in [0.15, 0.2) is 6.29 Å². The topological polar surface area (TPSA) is 43.4 Å². The largest absolute Gasteiger partial charge is 0.422 e. The van der Waals surface area contributed by atoms with Crippen LogP contribution in [0.25, 0.3) is 10.8 Å². The van der Waals surface area contributed by atoms with Crippen molar-refractivity contribution in [3.63, 3.8) is 0 Å². The number of benzene rings is 2. The van der Waals surface area contributed by atoms with Crippen molar-refractivity contribution in [2.24, 2.45) is 0 Å². The molecule has 3 nitrogen and oxygen atoms in total. The van der Waals surface area contributed by atoms with E-state index in [0.29, 0.717) is 10.4 Å². The van der Waals surface area contributed by atoms with Crippen molar-refractivity contribution in [1.29, 1.82) is 0 Å². The summed E-state index contributed by atoms with van der Waals surface area (Å²) in [5.74, 6) is -0.157. The highest BCUT2D eigenvalue weighted by atomic mass is 32.1. The van der Waals surface area contributed by atoms with E-state index >= 15 is 0 Å². The first-order chi connectivity index (χ1) is 9.79. The Balaban J connectivity index is 2.03. The van der Waals surface area contributed by atoms with Gasteiger partial charge in [-0.3, -0.25) is 4.79 Å². The predicted molar refractivity (Wildman–Crippen MR) is 78.6 cm³/mol. The van der Waals surface area contributed by atoms with Crippen molar-refractivity contribution in [3.05, 3.63) is 64.4 Å². The second-order valence-corrected chi connectivity index (χ2v) is 5.13. The molecule has 0 amide bonds. The number of ether oxygens (including phenoxy) is 1. The summed E-state index contributed by atoms with van der Waals surface area (Å²) in [4.78, 5) is 23.8. The number of aldehydes is 1. The first kappa shape index (κ1) is 12.6. The maximum absolute atomic E-state index is 12.0. The smallest absolute Gasteiger partial charge is 0.353 e. The molecule has 0 aliphatic carbocycles. The van der Waals surface area contributed by atoms with E-state index in [1.165, 1.54) is 11.3 Å². The van der Waals surface area contributed by atoms with Gasteiger partial charge in [-0.1, -0.05) is 36.4 Å². The van der Waals surface area contributed by atoms with Gasteiger partial charge in [0.05, 0.1) is 5.56 Å². The molecule has 0 aliphatic rings. The number of esters is 1. The molecule has 3 rings (SSSR count). The molecule has 0 unspecified atom stereocenters. The van der Waals surface area contributed by atoms with Crippen LogP contribution in [0.5, 0.6) is 5.75 Å².